The van der Waals surface area contributed by atoms with Gasteiger partial charge in [0, 0.05) is 5.56 Å². The number of benzene rings is 1. The number of ether oxygens (including phenoxy) is 4. The third-order valence-electron chi connectivity index (χ3n) is 2.82. The fourth-order valence-corrected chi connectivity index (χ4v) is 2.12. The molecule has 0 spiro atoms. The van der Waals surface area contributed by atoms with E-state index in [1.807, 2.05) is 30.3 Å². The summed E-state index contributed by atoms with van der Waals surface area (Å²) in [5.41, 5.74) is 0.944. The molecule has 0 aliphatic carbocycles. The minimum Gasteiger partial charge on any atom is -0.345 e. The first kappa shape index (κ1) is 10.2. The van der Waals surface area contributed by atoms with Gasteiger partial charge in [0.15, 0.2) is 0 Å². The highest BCUT2D eigenvalue weighted by Crippen LogP contribution is 2.37. The molecule has 0 amide bonds. The lowest BCUT2D eigenvalue weighted by atomic mass is 10.0. The van der Waals surface area contributed by atoms with Gasteiger partial charge in [0.25, 0.3) is 0 Å². The zero-order valence-corrected chi connectivity index (χ0v) is 8.93. The van der Waals surface area contributed by atoms with Gasteiger partial charge in [-0.1, -0.05) is 30.3 Å². The minimum absolute atomic E-state index is 0.461. The molecule has 0 aromatic heterocycles. The summed E-state index contributed by atoms with van der Waals surface area (Å²) in [7, 11) is 0. The molecule has 2 aliphatic rings. The van der Waals surface area contributed by atoms with Crippen LogP contribution in [0.5, 0.6) is 0 Å². The molecule has 0 bridgehead atoms. The largest absolute Gasteiger partial charge is 0.345 e. The van der Waals surface area contributed by atoms with E-state index in [1.54, 1.807) is 0 Å². The van der Waals surface area contributed by atoms with Crippen molar-refractivity contribution in [1.82, 2.24) is 0 Å². The van der Waals surface area contributed by atoms with Crippen LogP contribution >= 0.6 is 0 Å². The Balaban J connectivity index is 1.98. The molecule has 0 saturated carbocycles. The van der Waals surface area contributed by atoms with Crippen molar-refractivity contribution in [2.24, 2.45) is 0 Å². The summed E-state index contributed by atoms with van der Waals surface area (Å²) in [5, 5.41) is 0. The Bertz CT molecular complexity index is 339. The van der Waals surface area contributed by atoms with Crippen molar-refractivity contribution in [3.63, 3.8) is 0 Å². The van der Waals surface area contributed by atoms with Crippen molar-refractivity contribution in [2.75, 3.05) is 26.4 Å². The van der Waals surface area contributed by atoms with Crippen LogP contribution in [-0.4, -0.2) is 32.7 Å². The summed E-state index contributed by atoms with van der Waals surface area (Å²) in [6.07, 6.45) is -0.461. The molecule has 0 unspecified atom stereocenters. The molecular weight excluding hydrogens is 208 g/mol. The molecule has 2 saturated heterocycles. The summed E-state index contributed by atoms with van der Waals surface area (Å²) in [4.78, 5) is 0. The second-order valence-electron chi connectivity index (χ2n) is 3.80. The van der Waals surface area contributed by atoms with Crippen molar-refractivity contribution in [1.29, 1.82) is 0 Å². The first-order chi connectivity index (χ1) is 7.92. The summed E-state index contributed by atoms with van der Waals surface area (Å²) in [6.45, 7) is 2.13. The minimum atomic E-state index is -0.877. The Morgan fingerprint density at radius 3 is 2.12 bits per heavy atom. The van der Waals surface area contributed by atoms with Crippen molar-refractivity contribution < 1.29 is 18.9 Å². The van der Waals surface area contributed by atoms with Crippen LogP contribution in [0.15, 0.2) is 30.3 Å². The van der Waals surface area contributed by atoms with Gasteiger partial charge in [0.05, 0.1) is 26.4 Å². The molecule has 0 N–H and O–H groups in total. The Morgan fingerprint density at radius 1 is 0.875 bits per heavy atom. The molecular formula is C12H14O4. The molecule has 2 aliphatic heterocycles. The predicted molar refractivity (Wildman–Crippen MR) is 55.7 cm³/mol. The van der Waals surface area contributed by atoms with Gasteiger partial charge in [0.2, 0.25) is 12.1 Å². The highest BCUT2D eigenvalue weighted by molar-refractivity contribution is 5.22. The number of hydrogen-bond acceptors (Lipinski definition) is 4. The molecule has 2 heterocycles. The second-order valence-corrected chi connectivity index (χ2v) is 3.80. The van der Waals surface area contributed by atoms with Crippen molar-refractivity contribution >= 4 is 0 Å². The average Bonchev–Trinajstić information content (AvgIpc) is 2.40. The van der Waals surface area contributed by atoms with Crippen LogP contribution in [0.1, 0.15) is 5.56 Å². The van der Waals surface area contributed by atoms with Crippen LogP contribution in [0.25, 0.3) is 0 Å². The SMILES string of the molecule is c1ccc(C23OCCOC2OCCO3)cc1. The van der Waals surface area contributed by atoms with E-state index >= 15 is 0 Å². The zero-order chi connectivity index (χ0) is 10.8. The summed E-state index contributed by atoms with van der Waals surface area (Å²) >= 11 is 0. The molecule has 1 aromatic carbocycles. The van der Waals surface area contributed by atoms with Gasteiger partial charge in [-0.3, -0.25) is 0 Å². The maximum absolute atomic E-state index is 5.78. The standard InChI is InChI=1S/C12H14O4/c1-2-4-10(5-3-1)12-11(13-6-8-15-12)14-7-9-16-12/h1-5,11H,6-9H2. The predicted octanol–water partition coefficient (Wildman–Crippen LogP) is 1.26. The van der Waals surface area contributed by atoms with E-state index in [0.717, 1.165) is 5.56 Å². The van der Waals surface area contributed by atoms with Crippen molar-refractivity contribution in [3.05, 3.63) is 35.9 Å². The van der Waals surface area contributed by atoms with Crippen LogP contribution < -0.4 is 0 Å². The van der Waals surface area contributed by atoms with Gasteiger partial charge >= 0.3 is 0 Å². The number of hydrogen-bond donors (Lipinski definition) is 0. The Morgan fingerprint density at radius 2 is 1.50 bits per heavy atom. The fourth-order valence-electron chi connectivity index (χ4n) is 2.12. The third kappa shape index (κ3) is 1.55. The lowest BCUT2D eigenvalue weighted by molar-refractivity contribution is -0.419. The smallest absolute Gasteiger partial charge is 0.248 e. The molecule has 4 nitrogen and oxygen atoms in total. The summed E-state index contributed by atoms with van der Waals surface area (Å²) < 4.78 is 22.7. The van der Waals surface area contributed by atoms with Crippen LogP contribution in [0.3, 0.4) is 0 Å². The van der Waals surface area contributed by atoms with E-state index < -0.39 is 12.1 Å². The van der Waals surface area contributed by atoms with Crippen LogP contribution in [0.4, 0.5) is 0 Å². The highest BCUT2D eigenvalue weighted by atomic mass is 16.8. The first-order valence-corrected chi connectivity index (χ1v) is 5.48. The molecule has 2 fully saturated rings. The summed E-state index contributed by atoms with van der Waals surface area (Å²) in [5.74, 6) is -0.877. The normalized spacial score (nSPS) is 34.4. The van der Waals surface area contributed by atoms with Gasteiger partial charge < -0.3 is 18.9 Å². The van der Waals surface area contributed by atoms with E-state index in [9.17, 15) is 0 Å². The Hall–Kier alpha value is -0.940. The van der Waals surface area contributed by atoms with E-state index in [1.165, 1.54) is 0 Å². The maximum atomic E-state index is 5.78. The number of fused-ring (bicyclic) bond motifs is 1. The molecule has 0 atom stereocenters. The van der Waals surface area contributed by atoms with E-state index in [2.05, 4.69) is 0 Å². The quantitative estimate of drug-likeness (QED) is 0.716. The topological polar surface area (TPSA) is 36.9 Å². The Labute approximate surface area is 94.1 Å². The monoisotopic (exact) mass is 222 g/mol. The second kappa shape index (κ2) is 4.14. The first-order valence-electron chi connectivity index (χ1n) is 5.48. The van der Waals surface area contributed by atoms with Gasteiger partial charge in [-0.15, -0.1) is 0 Å². The lowest BCUT2D eigenvalue weighted by Crippen LogP contribution is -2.55. The Kier molecular flexibility index (Phi) is 2.65. The molecule has 86 valence electrons. The lowest BCUT2D eigenvalue weighted by Gasteiger charge is -2.45. The van der Waals surface area contributed by atoms with Crippen molar-refractivity contribution in [2.45, 2.75) is 12.1 Å². The van der Waals surface area contributed by atoms with Crippen LogP contribution in [0.2, 0.25) is 0 Å². The molecule has 0 radical (unpaired) electrons. The third-order valence-corrected chi connectivity index (χ3v) is 2.82. The molecule has 1 aromatic rings. The van der Waals surface area contributed by atoms with Crippen LogP contribution in [0, 0.1) is 0 Å². The van der Waals surface area contributed by atoms with E-state index in [0.29, 0.717) is 26.4 Å². The molecule has 16 heavy (non-hydrogen) atoms. The molecule has 4 heteroatoms. The number of rotatable bonds is 1. The average molecular weight is 222 g/mol. The van der Waals surface area contributed by atoms with E-state index in [4.69, 9.17) is 18.9 Å². The molecule has 3 rings (SSSR count). The maximum Gasteiger partial charge on any atom is 0.248 e. The summed E-state index contributed by atoms with van der Waals surface area (Å²) in [6, 6.07) is 9.81. The van der Waals surface area contributed by atoms with E-state index in [-0.39, 0.29) is 0 Å². The van der Waals surface area contributed by atoms with Crippen molar-refractivity contribution in [3.8, 4) is 0 Å². The van der Waals surface area contributed by atoms with Gasteiger partial charge in [-0.2, -0.15) is 0 Å². The van der Waals surface area contributed by atoms with Crippen LogP contribution in [-0.2, 0) is 24.7 Å². The van der Waals surface area contributed by atoms with Gasteiger partial charge in [0.1, 0.15) is 0 Å². The highest BCUT2D eigenvalue weighted by Gasteiger charge is 2.49. The van der Waals surface area contributed by atoms with Gasteiger partial charge in [-0.05, 0) is 0 Å². The zero-order valence-electron chi connectivity index (χ0n) is 8.93. The van der Waals surface area contributed by atoms with Gasteiger partial charge in [-0.25, -0.2) is 0 Å². The fraction of sp³-hybridized carbons (Fsp3) is 0.500.